The zero-order valence-electron chi connectivity index (χ0n) is 15.4. The van der Waals surface area contributed by atoms with Crippen LogP contribution < -0.4 is 16.4 Å². The second-order valence-electron chi connectivity index (χ2n) is 7.05. The van der Waals surface area contributed by atoms with Gasteiger partial charge in [0.25, 0.3) is 0 Å². The predicted octanol–water partition coefficient (Wildman–Crippen LogP) is 1.91. The predicted molar refractivity (Wildman–Crippen MR) is 108 cm³/mol. The first-order valence-corrected chi connectivity index (χ1v) is 9.89. The Morgan fingerprint density at radius 1 is 1.39 bits per heavy atom. The Balaban J connectivity index is 1.49. The number of primary amides is 1. The standard InChI is InChI=1S/C18H22BrN7O2/c1-28-5-4-26-9-12(7-22-26)23-18-21-8-13(19)17(25-18)24-15-11-3-2-10(6-11)14(15)16(20)27/h2-3,7-11,14-15H,4-6H2,1H3,(H2,20,27)(H2,21,23,24,25)/t10-,11+,14+,15-/m1/s1. The van der Waals surface area contributed by atoms with Gasteiger partial charge in [-0.2, -0.15) is 10.1 Å². The summed E-state index contributed by atoms with van der Waals surface area (Å²) in [4.78, 5) is 20.8. The fourth-order valence-electron chi connectivity index (χ4n) is 3.96. The zero-order chi connectivity index (χ0) is 19.7. The number of amides is 1. The third-order valence-corrected chi connectivity index (χ3v) is 5.83. The summed E-state index contributed by atoms with van der Waals surface area (Å²) in [6.07, 6.45) is 10.4. The van der Waals surface area contributed by atoms with Crippen molar-refractivity contribution in [3.05, 3.63) is 35.2 Å². The number of fused-ring (bicyclic) bond motifs is 2. The molecular weight excluding hydrogens is 426 g/mol. The Morgan fingerprint density at radius 2 is 2.21 bits per heavy atom. The number of nitrogens with zero attached hydrogens (tertiary/aromatic N) is 4. The van der Waals surface area contributed by atoms with Gasteiger partial charge in [-0.05, 0) is 34.2 Å². The van der Waals surface area contributed by atoms with Crippen molar-refractivity contribution < 1.29 is 9.53 Å². The van der Waals surface area contributed by atoms with Crippen LogP contribution >= 0.6 is 15.9 Å². The van der Waals surface area contributed by atoms with Gasteiger partial charge in [0.2, 0.25) is 11.9 Å². The average molecular weight is 448 g/mol. The van der Waals surface area contributed by atoms with Crippen LogP contribution in [0.5, 0.6) is 0 Å². The average Bonchev–Trinajstić information content (AvgIpc) is 3.39. The van der Waals surface area contributed by atoms with Gasteiger partial charge < -0.3 is 21.1 Å². The summed E-state index contributed by atoms with van der Waals surface area (Å²) < 4.78 is 7.56. The minimum absolute atomic E-state index is 0.0663. The summed E-state index contributed by atoms with van der Waals surface area (Å²) in [5, 5.41) is 10.8. The van der Waals surface area contributed by atoms with E-state index in [4.69, 9.17) is 10.5 Å². The second kappa shape index (κ2) is 7.88. The van der Waals surface area contributed by atoms with Crippen LogP contribution in [0.15, 0.2) is 35.2 Å². The third kappa shape index (κ3) is 3.74. The molecule has 0 saturated heterocycles. The molecule has 0 aromatic carbocycles. The molecule has 4 N–H and O–H groups in total. The molecule has 28 heavy (non-hydrogen) atoms. The number of anilines is 3. The van der Waals surface area contributed by atoms with Gasteiger partial charge in [0.05, 0.1) is 35.4 Å². The highest BCUT2D eigenvalue weighted by Gasteiger charge is 2.47. The number of carbonyl (C=O) groups is 1. The third-order valence-electron chi connectivity index (χ3n) is 5.25. The molecule has 148 valence electrons. The van der Waals surface area contributed by atoms with Crippen LogP contribution in [0.2, 0.25) is 0 Å². The number of rotatable bonds is 8. The first-order valence-electron chi connectivity index (χ1n) is 9.10. The Kier molecular flexibility index (Phi) is 5.31. The lowest BCUT2D eigenvalue weighted by atomic mass is 9.88. The van der Waals surface area contributed by atoms with Gasteiger partial charge in [0.1, 0.15) is 5.82 Å². The van der Waals surface area contributed by atoms with E-state index in [1.54, 1.807) is 24.2 Å². The van der Waals surface area contributed by atoms with E-state index in [9.17, 15) is 4.79 Å². The van der Waals surface area contributed by atoms with Crippen LogP contribution in [-0.2, 0) is 16.1 Å². The molecule has 0 radical (unpaired) electrons. The highest BCUT2D eigenvalue weighted by molar-refractivity contribution is 9.10. The molecule has 0 spiro atoms. The van der Waals surface area contributed by atoms with Crippen LogP contribution in [-0.4, -0.2) is 45.4 Å². The second-order valence-corrected chi connectivity index (χ2v) is 7.90. The lowest BCUT2D eigenvalue weighted by Crippen LogP contribution is -2.41. The summed E-state index contributed by atoms with van der Waals surface area (Å²) in [6, 6.07) is -0.0663. The molecule has 10 heteroatoms. The lowest BCUT2D eigenvalue weighted by Gasteiger charge is -2.27. The minimum Gasteiger partial charge on any atom is -0.383 e. The number of ether oxygens (including phenoxy) is 1. The van der Waals surface area contributed by atoms with Crippen LogP contribution in [0.1, 0.15) is 6.42 Å². The normalized spacial score (nSPS) is 25.2. The molecule has 0 unspecified atom stereocenters. The Labute approximate surface area is 170 Å². The van der Waals surface area contributed by atoms with Crippen LogP contribution in [0, 0.1) is 17.8 Å². The van der Waals surface area contributed by atoms with Gasteiger partial charge in [-0.15, -0.1) is 0 Å². The maximum absolute atomic E-state index is 11.9. The zero-order valence-corrected chi connectivity index (χ0v) is 17.0. The first-order chi connectivity index (χ1) is 13.5. The van der Waals surface area contributed by atoms with Crippen molar-refractivity contribution in [2.24, 2.45) is 23.5 Å². The van der Waals surface area contributed by atoms with Gasteiger partial charge in [-0.3, -0.25) is 9.48 Å². The Bertz CT molecular complexity index is 900. The molecule has 4 rings (SSSR count). The number of allylic oxidation sites excluding steroid dienone is 1. The van der Waals surface area contributed by atoms with Gasteiger partial charge in [0.15, 0.2) is 0 Å². The molecule has 0 aliphatic heterocycles. The molecular formula is C18H22BrN7O2. The van der Waals surface area contributed by atoms with Crippen molar-refractivity contribution in [1.82, 2.24) is 19.7 Å². The highest BCUT2D eigenvalue weighted by Crippen LogP contribution is 2.45. The quantitative estimate of drug-likeness (QED) is 0.528. The summed E-state index contributed by atoms with van der Waals surface area (Å²) in [6.45, 7) is 1.25. The first kappa shape index (κ1) is 18.9. The van der Waals surface area contributed by atoms with Gasteiger partial charge >= 0.3 is 0 Å². The molecule has 2 heterocycles. The van der Waals surface area contributed by atoms with Crippen molar-refractivity contribution in [2.45, 2.75) is 19.0 Å². The number of nitrogens with two attached hydrogens (primary N) is 1. The number of hydrogen-bond donors (Lipinski definition) is 3. The molecule has 2 aromatic rings. The molecule has 2 bridgehead atoms. The van der Waals surface area contributed by atoms with E-state index in [0.717, 1.165) is 16.6 Å². The van der Waals surface area contributed by atoms with Crippen molar-refractivity contribution in [2.75, 3.05) is 24.4 Å². The lowest BCUT2D eigenvalue weighted by molar-refractivity contribution is -0.122. The van der Waals surface area contributed by atoms with Crippen molar-refractivity contribution in [1.29, 1.82) is 0 Å². The summed E-state index contributed by atoms with van der Waals surface area (Å²) in [5.74, 6) is 1.04. The van der Waals surface area contributed by atoms with Crippen molar-refractivity contribution >= 4 is 39.3 Å². The fraction of sp³-hybridized carbons (Fsp3) is 0.444. The number of nitrogens with one attached hydrogen (secondary N) is 2. The maximum Gasteiger partial charge on any atom is 0.229 e. The van der Waals surface area contributed by atoms with E-state index < -0.39 is 0 Å². The molecule has 1 amide bonds. The van der Waals surface area contributed by atoms with Crippen LogP contribution in [0.25, 0.3) is 0 Å². The van der Waals surface area contributed by atoms with E-state index in [1.165, 1.54) is 0 Å². The number of carbonyl (C=O) groups excluding carboxylic acids is 1. The SMILES string of the molecule is COCCn1cc(Nc2ncc(Br)c(N[C@H]3[C@@H](C(N)=O)[C@@H]4C=C[C@H]3C4)n2)cn1. The van der Waals surface area contributed by atoms with E-state index in [1.807, 2.05) is 6.20 Å². The largest absolute Gasteiger partial charge is 0.383 e. The minimum atomic E-state index is -0.277. The molecule has 1 fully saturated rings. The number of hydrogen-bond acceptors (Lipinski definition) is 7. The van der Waals surface area contributed by atoms with E-state index in [-0.39, 0.29) is 29.7 Å². The number of aromatic nitrogens is 4. The van der Waals surface area contributed by atoms with Gasteiger partial charge in [-0.25, -0.2) is 4.98 Å². The number of methoxy groups -OCH3 is 1. The topological polar surface area (TPSA) is 120 Å². The molecule has 1 saturated carbocycles. The monoisotopic (exact) mass is 447 g/mol. The van der Waals surface area contributed by atoms with Crippen LogP contribution in [0.3, 0.4) is 0 Å². The van der Waals surface area contributed by atoms with Crippen molar-refractivity contribution in [3.8, 4) is 0 Å². The van der Waals surface area contributed by atoms with Gasteiger partial charge in [-0.1, -0.05) is 12.2 Å². The highest BCUT2D eigenvalue weighted by atomic mass is 79.9. The van der Waals surface area contributed by atoms with E-state index in [2.05, 4.69) is 53.8 Å². The van der Waals surface area contributed by atoms with E-state index >= 15 is 0 Å². The van der Waals surface area contributed by atoms with Crippen molar-refractivity contribution in [3.63, 3.8) is 0 Å². The summed E-state index contributed by atoms with van der Waals surface area (Å²) in [5.41, 5.74) is 6.43. The van der Waals surface area contributed by atoms with E-state index in [0.29, 0.717) is 24.9 Å². The molecule has 2 aliphatic carbocycles. The number of halogens is 1. The molecule has 9 nitrogen and oxygen atoms in total. The summed E-state index contributed by atoms with van der Waals surface area (Å²) >= 11 is 3.49. The Morgan fingerprint density at radius 3 is 3.00 bits per heavy atom. The Hall–Kier alpha value is -2.46. The van der Waals surface area contributed by atoms with Crippen LogP contribution in [0.4, 0.5) is 17.5 Å². The fourth-order valence-corrected chi connectivity index (χ4v) is 4.26. The maximum atomic E-state index is 11.9. The molecule has 2 aliphatic rings. The molecule has 2 aromatic heterocycles. The van der Waals surface area contributed by atoms with Gasteiger partial charge in [0, 0.05) is 25.5 Å². The smallest absolute Gasteiger partial charge is 0.229 e. The summed E-state index contributed by atoms with van der Waals surface area (Å²) in [7, 11) is 1.65. The molecule has 4 atom stereocenters.